The van der Waals surface area contributed by atoms with Crippen LogP contribution in [0.3, 0.4) is 0 Å². The molecule has 0 radical (unpaired) electrons. The van der Waals surface area contributed by atoms with E-state index in [1.807, 2.05) is 49.4 Å². The van der Waals surface area contributed by atoms with Gasteiger partial charge in [-0.1, -0.05) is 30.3 Å². The molecule has 4 rings (SSSR count). The minimum absolute atomic E-state index is 0.691. The molecule has 2 heterocycles. The van der Waals surface area contributed by atoms with E-state index in [-0.39, 0.29) is 0 Å². The smallest absolute Gasteiger partial charge is 0.224 e. The highest BCUT2D eigenvalue weighted by Gasteiger charge is 2.14. The number of fused-ring (bicyclic) bond motifs is 5. The fourth-order valence-corrected chi connectivity index (χ4v) is 2.86. The Kier molecular flexibility index (Phi) is 2.18. The van der Waals surface area contributed by atoms with Crippen LogP contribution < -0.4 is 4.73 Å². The third-order valence-corrected chi connectivity index (χ3v) is 3.78. The lowest BCUT2D eigenvalue weighted by atomic mass is 10.0. The molecule has 0 saturated carbocycles. The summed E-state index contributed by atoms with van der Waals surface area (Å²) in [5.41, 5.74) is 2.54. The monoisotopic (exact) mass is 260 g/mol. The molecule has 0 fully saturated rings. The van der Waals surface area contributed by atoms with Crippen molar-refractivity contribution in [2.75, 3.05) is 0 Å². The highest BCUT2D eigenvalue weighted by Crippen LogP contribution is 2.30. The molecule has 3 heteroatoms. The van der Waals surface area contributed by atoms with Crippen molar-refractivity contribution >= 4 is 32.6 Å². The number of aryl methyl sites for hydroxylation is 1. The van der Waals surface area contributed by atoms with E-state index in [0.717, 1.165) is 37.5 Å². The maximum Gasteiger partial charge on any atom is 0.224 e. The zero-order chi connectivity index (χ0) is 13.7. The van der Waals surface area contributed by atoms with Crippen LogP contribution in [-0.2, 0) is 0 Å². The van der Waals surface area contributed by atoms with E-state index >= 15 is 0 Å². The molecule has 3 nitrogen and oxygen atoms in total. The van der Waals surface area contributed by atoms with Gasteiger partial charge < -0.3 is 5.21 Å². The quantitative estimate of drug-likeness (QED) is 0.276. The van der Waals surface area contributed by atoms with Crippen molar-refractivity contribution in [3.05, 3.63) is 65.6 Å². The van der Waals surface area contributed by atoms with Crippen molar-refractivity contribution in [2.24, 2.45) is 0 Å². The second-order valence-electron chi connectivity index (χ2n) is 4.98. The summed E-state index contributed by atoms with van der Waals surface area (Å²) in [6, 6.07) is 15.8. The molecule has 0 saturated heterocycles. The van der Waals surface area contributed by atoms with Crippen LogP contribution >= 0.6 is 0 Å². The maximum atomic E-state index is 12.2. The summed E-state index contributed by atoms with van der Waals surface area (Å²) in [5.74, 6) is 0. The van der Waals surface area contributed by atoms with E-state index < -0.39 is 0 Å². The highest BCUT2D eigenvalue weighted by atomic mass is 16.5. The Hall–Kier alpha value is -2.68. The molecule has 0 aliphatic carbocycles. The van der Waals surface area contributed by atoms with Crippen molar-refractivity contribution < 1.29 is 4.73 Å². The van der Waals surface area contributed by atoms with Crippen LogP contribution in [-0.4, -0.2) is 4.98 Å². The first kappa shape index (κ1) is 11.2. The number of hydrogen-bond donors (Lipinski definition) is 0. The normalized spacial score (nSPS) is 11.4. The second-order valence-corrected chi connectivity index (χ2v) is 4.98. The van der Waals surface area contributed by atoms with Gasteiger partial charge in [-0.15, -0.1) is 0 Å². The van der Waals surface area contributed by atoms with Crippen molar-refractivity contribution in [1.29, 1.82) is 0 Å². The third kappa shape index (κ3) is 1.40. The van der Waals surface area contributed by atoms with E-state index in [2.05, 4.69) is 11.1 Å². The largest absolute Gasteiger partial charge is 0.618 e. The molecule has 0 spiro atoms. The molecule has 2 aromatic carbocycles. The average Bonchev–Trinajstić information content (AvgIpc) is 2.48. The molecule has 0 atom stereocenters. The van der Waals surface area contributed by atoms with Crippen LogP contribution in [0, 0.1) is 12.1 Å². The first-order valence-corrected chi connectivity index (χ1v) is 6.55. The van der Waals surface area contributed by atoms with Gasteiger partial charge in [0.2, 0.25) is 5.52 Å². The molecule has 0 N–H and O–H groups in total. The lowest BCUT2D eigenvalue weighted by Crippen LogP contribution is -2.26. The minimum Gasteiger partial charge on any atom is -0.618 e. The van der Waals surface area contributed by atoms with Gasteiger partial charge in [-0.3, -0.25) is 4.98 Å². The molecule has 0 amide bonds. The van der Waals surface area contributed by atoms with Gasteiger partial charge in [-0.05, 0) is 19.1 Å². The first-order chi connectivity index (χ1) is 9.75. The van der Waals surface area contributed by atoms with Crippen molar-refractivity contribution in [1.82, 2.24) is 4.98 Å². The highest BCUT2D eigenvalue weighted by molar-refractivity contribution is 6.17. The summed E-state index contributed by atoms with van der Waals surface area (Å²) in [5, 5.41) is 16.3. The number of nitrogens with zero attached hydrogens (tertiary/aromatic N) is 2. The SMILES string of the molecule is Cc1nc2ccccc2c2c1c[n+]([O-])c1ccccc21. The van der Waals surface area contributed by atoms with E-state index in [1.54, 1.807) is 6.20 Å². The Morgan fingerprint density at radius 2 is 1.60 bits per heavy atom. The lowest BCUT2D eigenvalue weighted by Gasteiger charge is -2.10. The van der Waals surface area contributed by atoms with E-state index in [9.17, 15) is 5.21 Å². The van der Waals surface area contributed by atoms with Crippen LogP contribution in [0.2, 0.25) is 0 Å². The third-order valence-electron chi connectivity index (χ3n) is 3.78. The predicted molar refractivity (Wildman–Crippen MR) is 80.5 cm³/mol. The average molecular weight is 260 g/mol. The van der Waals surface area contributed by atoms with Gasteiger partial charge in [0.15, 0.2) is 6.20 Å². The summed E-state index contributed by atoms with van der Waals surface area (Å²) < 4.78 is 0.932. The summed E-state index contributed by atoms with van der Waals surface area (Å²) in [6.07, 6.45) is 1.63. The fraction of sp³-hybridized carbons (Fsp3) is 0.0588. The standard InChI is InChI=1S/C17H12N2O/c1-11-14-10-19(20)16-9-5-3-7-13(16)17(14)12-6-2-4-8-15(12)18-11/h2-10H,1H3. The van der Waals surface area contributed by atoms with Gasteiger partial charge in [0, 0.05) is 16.8 Å². The Morgan fingerprint density at radius 3 is 2.45 bits per heavy atom. The van der Waals surface area contributed by atoms with Gasteiger partial charge in [0.1, 0.15) is 0 Å². The molecule has 96 valence electrons. The number of pyridine rings is 2. The lowest BCUT2D eigenvalue weighted by molar-refractivity contribution is -0.575. The van der Waals surface area contributed by atoms with Crippen LogP contribution in [0.1, 0.15) is 5.69 Å². The zero-order valence-electron chi connectivity index (χ0n) is 11.0. The Morgan fingerprint density at radius 1 is 0.900 bits per heavy atom. The number of hydrogen-bond acceptors (Lipinski definition) is 2. The molecule has 4 aromatic rings. The van der Waals surface area contributed by atoms with Crippen LogP contribution in [0.5, 0.6) is 0 Å². The molecular formula is C17H12N2O. The van der Waals surface area contributed by atoms with Crippen LogP contribution in [0.15, 0.2) is 54.7 Å². The minimum atomic E-state index is 0.691. The van der Waals surface area contributed by atoms with E-state index in [1.165, 1.54) is 0 Å². The number of aromatic nitrogens is 2. The molecule has 0 aliphatic rings. The summed E-state index contributed by atoms with van der Waals surface area (Å²) in [6.45, 7) is 1.95. The topological polar surface area (TPSA) is 39.8 Å². The Labute approximate surface area is 115 Å². The fourth-order valence-electron chi connectivity index (χ4n) is 2.86. The first-order valence-electron chi connectivity index (χ1n) is 6.55. The van der Waals surface area contributed by atoms with Gasteiger partial charge in [-0.2, -0.15) is 4.73 Å². The summed E-state index contributed by atoms with van der Waals surface area (Å²) in [4.78, 5) is 4.60. The number of rotatable bonds is 0. The molecule has 20 heavy (non-hydrogen) atoms. The van der Waals surface area contributed by atoms with E-state index in [4.69, 9.17) is 0 Å². The number of para-hydroxylation sites is 2. The summed E-state index contributed by atoms with van der Waals surface area (Å²) >= 11 is 0. The molecule has 0 aliphatic heterocycles. The molecule has 0 unspecified atom stereocenters. The Balaban J connectivity index is 2.42. The van der Waals surface area contributed by atoms with Crippen molar-refractivity contribution in [3.63, 3.8) is 0 Å². The second kappa shape index (κ2) is 3.90. The van der Waals surface area contributed by atoms with Gasteiger partial charge in [0.05, 0.1) is 22.0 Å². The van der Waals surface area contributed by atoms with E-state index in [0.29, 0.717) is 5.52 Å². The van der Waals surface area contributed by atoms with Gasteiger partial charge in [0.25, 0.3) is 0 Å². The Bertz CT molecular complexity index is 977. The van der Waals surface area contributed by atoms with Gasteiger partial charge >= 0.3 is 0 Å². The maximum absolute atomic E-state index is 12.2. The predicted octanol–water partition coefficient (Wildman–Crippen LogP) is 3.48. The summed E-state index contributed by atoms with van der Waals surface area (Å²) in [7, 11) is 0. The molecule has 0 bridgehead atoms. The van der Waals surface area contributed by atoms with Crippen molar-refractivity contribution in [3.8, 4) is 0 Å². The van der Waals surface area contributed by atoms with Crippen molar-refractivity contribution in [2.45, 2.75) is 6.92 Å². The van der Waals surface area contributed by atoms with Gasteiger partial charge in [-0.25, -0.2) is 0 Å². The number of benzene rings is 2. The van der Waals surface area contributed by atoms with Crippen LogP contribution in [0.25, 0.3) is 32.6 Å². The molecular weight excluding hydrogens is 248 g/mol. The van der Waals surface area contributed by atoms with Crippen LogP contribution in [0.4, 0.5) is 0 Å². The zero-order valence-corrected chi connectivity index (χ0v) is 11.0. The molecule has 2 aromatic heterocycles.